The van der Waals surface area contributed by atoms with Crippen LogP contribution in [-0.4, -0.2) is 41.1 Å². The van der Waals surface area contributed by atoms with Gasteiger partial charge in [0.1, 0.15) is 5.82 Å². The van der Waals surface area contributed by atoms with Crippen LogP contribution < -0.4 is 10.6 Å². The van der Waals surface area contributed by atoms with Crippen LogP contribution in [0.5, 0.6) is 0 Å². The highest BCUT2D eigenvalue weighted by Crippen LogP contribution is 2.33. The second-order valence-corrected chi connectivity index (χ2v) is 8.24. The maximum Gasteiger partial charge on any atom is 0.292 e. The van der Waals surface area contributed by atoms with E-state index in [0.717, 1.165) is 57.0 Å². The molecule has 2 aromatic heterocycles. The SMILES string of the molecule is CNc1ccc2c(c1)NC(=O)CCC/C=C(/c1ccc(Br)cn1)c1nc-2cn1C.COC=O. The van der Waals surface area contributed by atoms with Crippen LogP contribution >= 0.6 is 15.9 Å². The van der Waals surface area contributed by atoms with Gasteiger partial charge in [-0.25, -0.2) is 4.98 Å². The van der Waals surface area contributed by atoms with E-state index >= 15 is 0 Å². The number of fused-ring (bicyclic) bond motifs is 4. The fourth-order valence-electron chi connectivity index (χ4n) is 3.44. The average Bonchev–Trinajstić information content (AvgIpc) is 3.20. The Kier molecular flexibility index (Phi) is 8.37. The lowest BCUT2D eigenvalue weighted by Gasteiger charge is -2.13. The Hall–Kier alpha value is -3.46. The first-order valence-electron chi connectivity index (χ1n) is 10.4. The standard InChI is InChI=1S/C22H22BrN5O.C2H4O2/c1-24-15-8-9-16-19(11-15)26-21(29)6-4-3-5-17(18-10-7-14(23)12-25-18)22-27-20(16)13-28(22)2;1-4-2-3/h5,7-13,24H,3-4,6H2,1-2H3,(H,26,29);2H,1H3/b17-5-;. The zero-order chi connectivity index (χ0) is 23.8. The summed E-state index contributed by atoms with van der Waals surface area (Å²) in [5.74, 6) is 0.860. The zero-order valence-electron chi connectivity index (χ0n) is 18.8. The number of carbonyl (C=O) groups is 2. The Morgan fingerprint density at radius 3 is 2.70 bits per heavy atom. The van der Waals surface area contributed by atoms with Crippen molar-refractivity contribution < 1.29 is 14.3 Å². The monoisotopic (exact) mass is 511 g/mol. The number of halogens is 1. The number of benzene rings is 1. The fourth-order valence-corrected chi connectivity index (χ4v) is 3.67. The van der Waals surface area contributed by atoms with Crippen molar-refractivity contribution >= 4 is 45.3 Å². The summed E-state index contributed by atoms with van der Waals surface area (Å²) in [5, 5.41) is 6.18. The molecule has 9 heteroatoms. The molecule has 1 aromatic carbocycles. The number of nitrogens with one attached hydrogen (secondary N) is 2. The molecule has 3 heterocycles. The number of imidazole rings is 1. The molecule has 3 aromatic rings. The van der Waals surface area contributed by atoms with E-state index in [-0.39, 0.29) is 5.91 Å². The Morgan fingerprint density at radius 1 is 1.24 bits per heavy atom. The molecule has 1 aliphatic heterocycles. The molecule has 0 atom stereocenters. The molecule has 0 fully saturated rings. The summed E-state index contributed by atoms with van der Waals surface area (Å²) in [4.78, 5) is 30.9. The number of amides is 1. The summed E-state index contributed by atoms with van der Waals surface area (Å²) in [7, 11) is 5.16. The Balaban J connectivity index is 0.000000709. The van der Waals surface area contributed by atoms with Crippen molar-refractivity contribution in [2.75, 3.05) is 24.8 Å². The minimum atomic E-state index is 0.00736. The smallest absolute Gasteiger partial charge is 0.292 e. The Bertz CT molecular complexity index is 1160. The first kappa shape index (κ1) is 24.2. The summed E-state index contributed by atoms with van der Waals surface area (Å²) in [6.45, 7) is 0.375. The quantitative estimate of drug-likeness (QED) is 0.497. The second kappa shape index (κ2) is 11.4. The third kappa shape index (κ3) is 6.07. The number of ether oxygens (including phenoxy) is 1. The Morgan fingerprint density at radius 2 is 2.03 bits per heavy atom. The summed E-state index contributed by atoms with van der Waals surface area (Å²) in [5.41, 5.74) is 5.24. The minimum absolute atomic E-state index is 0.00736. The Labute approximate surface area is 201 Å². The number of aromatic nitrogens is 3. The van der Waals surface area contributed by atoms with Crippen LogP contribution in [0.2, 0.25) is 0 Å². The summed E-state index contributed by atoms with van der Waals surface area (Å²) < 4.78 is 6.81. The van der Waals surface area contributed by atoms with Crippen molar-refractivity contribution in [2.24, 2.45) is 7.05 Å². The summed E-state index contributed by atoms with van der Waals surface area (Å²) in [6.07, 6.45) is 7.89. The maximum absolute atomic E-state index is 12.5. The van der Waals surface area contributed by atoms with Crippen molar-refractivity contribution in [1.82, 2.24) is 14.5 Å². The van der Waals surface area contributed by atoms with E-state index < -0.39 is 0 Å². The lowest BCUT2D eigenvalue weighted by molar-refractivity contribution is -0.126. The molecule has 0 aliphatic carbocycles. The van der Waals surface area contributed by atoms with Gasteiger partial charge in [-0.1, -0.05) is 6.08 Å². The van der Waals surface area contributed by atoms with Crippen LogP contribution in [0.15, 0.2) is 53.3 Å². The lowest BCUT2D eigenvalue weighted by Crippen LogP contribution is -2.12. The summed E-state index contributed by atoms with van der Waals surface area (Å²) in [6, 6.07) is 9.88. The molecular formula is C24H26BrN5O3. The number of aryl methyl sites for hydroxylation is 1. The van der Waals surface area contributed by atoms with E-state index in [1.54, 1.807) is 6.20 Å². The molecule has 0 spiro atoms. The number of hydrogen-bond donors (Lipinski definition) is 2. The highest BCUT2D eigenvalue weighted by molar-refractivity contribution is 9.10. The molecule has 2 N–H and O–H groups in total. The third-order valence-corrected chi connectivity index (χ3v) is 5.50. The van der Waals surface area contributed by atoms with Crippen LogP contribution in [-0.2, 0) is 21.4 Å². The molecule has 172 valence electrons. The highest BCUT2D eigenvalue weighted by atomic mass is 79.9. The second-order valence-electron chi connectivity index (χ2n) is 7.32. The van der Waals surface area contributed by atoms with Crippen molar-refractivity contribution in [1.29, 1.82) is 0 Å². The molecule has 0 saturated heterocycles. The number of pyridine rings is 1. The van der Waals surface area contributed by atoms with Gasteiger partial charge in [0.25, 0.3) is 6.47 Å². The van der Waals surface area contributed by atoms with Gasteiger partial charge in [0.05, 0.1) is 24.2 Å². The molecule has 1 amide bonds. The molecule has 0 unspecified atom stereocenters. The van der Waals surface area contributed by atoms with E-state index in [1.165, 1.54) is 7.11 Å². The zero-order valence-corrected chi connectivity index (χ0v) is 20.3. The fraction of sp³-hybridized carbons (Fsp3) is 0.250. The van der Waals surface area contributed by atoms with Crippen molar-refractivity contribution in [2.45, 2.75) is 19.3 Å². The van der Waals surface area contributed by atoms with Crippen molar-refractivity contribution in [3.63, 3.8) is 0 Å². The van der Waals surface area contributed by atoms with Crippen LogP contribution in [0.1, 0.15) is 30.8 Å². The van der Waals surface area contributed by atoms with Crippen molar-refractivity contribution in [3.05, 3.63) is 64.8 Å². The van der Waals surface area contributed by atoms with Gasteiger partial charge in [0, 0.05) is 54.2 Å². The number of hydrogen-bond acceptors (Lipinski definition) is 6. The number of nitrogens with zero attached hydrogens (tertiary/aromatic N) is 3. The maximum atomic E-state index is 12.5. The summed E-state index contributed by atoms with van der Waals surface area (Å²) >= 11 is 3.45. The van der Waals surface area contributed by atoms with E-state index in [1.807, 2.05) is 55.2 Å². The highest BCUT2D eigenvalue weighted by Gasteiger charge is 2.18. The average molecular weight is 512 g/mol. The molecule has 0 radical (unpaired) electrons. The van der Waals surface area contributed by atoms with Gasteiger partial charge < -0.3 is 19.9 Å². The van der Waals surface area contributed by atoms with E-state index in [9.17, 15) is 4.79 Å². The molecule has 4 rings (SSSR count). The molecule has 0 saturated carbocycles. The number of rotatable bonds is 3. The van der Waals surface area contributed by atoms with Gasteiger partial charge >= 0.3 is 0 Å². The minimum Gasteiger partial charge on any atom is -0.471 e. The normalized spacial score (nSPS) is 14.7. The van der Waals surface area contributed by atoms with Gasteiger partial charge in [-0.05, 0) is 59.1 Å². The number of methoxy groups -OCH3 is 1. The largest absolute Gasteiger partial charge is 0.471 e. The van der Waals surface area contributed by atoms with Gasteiger partial charge in [0.2, 0.25) is 5.91 Å². The third-order valence-electron chi connectivity index (χ3n) is 5.03. The molecule has 2 bridgehead atoms. The molecule has 33 heavy (non-hydrogen) atoms. The lowest BCUT2D eigenvalue weighted by atomic mass is 10.1. The number of anilines is 2. The first-order chi connectivity index (χ1) is 16.0. The number of carbonyl (C=O) groups excluding carboxylic acids is 2. The van der Waals surface area contributed by atoms with Crippen LogP contribution in [0.4, 0.5) is 11.4 Å². The predicted molar refractivity (Wildman–Crippen MR) is 133 cm³/mol. The van der Waals surface area contributed by atoms with E-state index in [4.69, 9.17) is 9.78 Å². The molecule has 8 nitrogen and oxygen atoms in total. The van der Waals surface area contributed by atoms with Crippen LogP contribution in [0.3, 0.4) is 0 Å². The van der Waals surface area contributed by atoms with E-state index in [2.05, 4.69) is 42.4 Å². The molecule has 1 aliphatic rings. The topological polar surface area (TPSA) is 98.1 Å². The van der Waals surface area contributed by atoms with Crippen LogP contribution in [0.25, 0.3) is 16.8 Å². The van der Waals surface area contributed by atoms with Gasteiger partial charge in [0.15, 0.2) is 0 Å². The van der Waals surface area contributed by atoms with Crippen molar-refractivity contribution in [3.8, 4) is 11.3 Å². The van der Waals surface area contributed by atoms with Gasteiger partial charge in [-0.15, -0.1) is 0 Å². The molecular weight excluding hydrogens is 486 g/mol. The van der Waals surface area contributed by atoms with Gasteiger partial charge in [-0.2, -0.15) is 0 Å². The van der Waals surface area contributed by atoms with Gasteiger partial charge in [-0.3, -0.25) is 14.6 Å². The van der Waals surface area contributed by atoms with E-state index in [0.29, 0.717) is 12.9 Å². The predicted octanol–water partition coefficient (Wildman–Crippen LogP) is 4.63. The number of allylic oxidation sites excluding steroid dienone is 1. The van der Waals surface area contributed by atoms with Crippen LogP contribution in [0, 0.1) is 0 Å². The first-order valence-corrected chi connectivity index (χ1v) is 11.2.